The molecule has 0 unspecified atom stereocenters. The molecule has 2 aliphatic rings. The topological polar surface area (TPSA) is 45.2 Å². The third-order valence-corrected chi connectivity index (χ3v) is 5.27. The molecule has 0 bridgehead atoms. The molecule has 0 radical (unpaired) electrons. The highest BCUT2D eigenvalue weighted by molar-refractivity contribution is 5.78. The van der Waals surface area contributed by atoms with E-state index in [1.165, 1.54) is 12.1 Å². The number of ether oxygens (including phenoxy) is 2. The Morgan fingerprint density at radius 2 is 1.93 bits per heavy atom. The lowest BCUT2D eigenvalue weighted by atomic mass is 10.0. The van der Waals surface area contributed by atoms with Crippen LogP contribution in [0.4, 0.5) is 4.39 Å². The van der Waals surface area contributed by atoms with Crippen molar-refractivity contribution in [2.45, 2.75) is 25.0 Å². The molecule has 1 aromatic carbocycles. The number of carbonyl (C=O) groups is 1. The summed E-state index contributed by atoms with van der Waals surface area (Å²) in [6.45, 7) is 5.21. The van der Waals surface area contributed by atoms with Crippen LogP contribution in [-0.4, -0.2) is 92.8 Å². The normalized spacial score (nSPS) is 22.4. The standard InChI is InChI=1S/C20H30FN3O3/c1-22(2)11-12-23-9-7-17(8-10-23)24-13-19(27-15-20(24)25)14-26-18-5-3-16(21)4-6-18/h3-6,17,19H,7-15H2,1-2H3/t19-/m0/s1. The summed E-state index contributed by atoms with van der Waals surface area (Å²) in [5.41, 5.74) is 0. The first-order chi connectivity index (χ1) is 13.0. The van der Waals surface area contributed by atoms with Gasteiger partial charge in [-0.25, -0.2) is 4.39 Å². The Balaban J connectivity index is 1.46. The zero-order valence-electron chi connectivity index (χ0n) is 16.3. The highest BCUT2D eigenvalue weighted by atomic mass is 19.1. The number of hydrogen-bond acceptors (Lipinski definition) is 5. The largest absolute Gasteiger partial charge is 0.491 e. The number of morpholine rings is 1. The average molecular weight is 379 g/mol. The Bertz CT molecular complexity index is 603. The molecule has 0 N–H and O–H groups in total. The zero-order valence-corrected chi connectivity index (χ0v) is 16.3. The lowest BCUT2D eigenvalue weighted by molar-refractivity contribution is -0.155. The van der Waals surface area contributed by atoms with E-state index in [0.717, 1.165) is 39.0 Å². The van der Waals surface area contributed by atoms with Crippen LogP contribution in [0.25, 0.3) is 0 Å². The Morgan fingerprint density at radius 1 is 1.22 bits per heavy atom. The van der Waals surface area contributed by atoms with Crippen molar-refractivity contribution in [2.75, 3.05) is 60.0 Å². The second-order valence-corrected chi connectivity index (χ2v) is 7.62. The number of carbonyl (C=O) groups excluding carboxylic acids is 1. The quantitative estimate of drug-likeness (QED) is 0.718. The molecular formula is C20H30FN3O3. The summed E-state index contributed by atoms with van der Waals surface area (Å²) < 4.78 is 24.3. The smallest absolute Gasteiger partial charge is 0.248 e. The number of benzene rings is 1. The van der Waals surface area contributed by atoms with Crippen LogP contribution in [0.3, 0.4) is 0 Å². The Labute approximate surface area is 160 Å². The van der Waals surface area contributed by atoms with Gasteiger partial charge >= 0.3 is 0 Å². The lowest BCUT2D eigenvalue weighted by Gasteiger charge is -2.42. The van der Waals surface area contributed by atoms with Gasteiger partial charge in [0.2, 0.25) is 5.91 Å². The van der Waals surface area contributed by atoms with E-state index >= 15 is 0 Å². The van der Waals surface area contributed by atoms with Crippen LogP contribution in [0.15, 0.2) is 24.3 Å². The van der Waals surface area contributed by atoms with Gasteiger partial charge in [-0.2, -0.15) is 0 Å². The van der Waals surface area contributed by atoms with Gasteiger partial charge in [-0.15, -0.1) is 0 Å². The van der Waals surface area contributed by atoms with Gasteiger partial charge in [0.25, 0.3) is 0 Å². The molecule has 150 valence electrons. The van der Waals surface area contributed by atoms with Crippen molar-refractivity contribution in [3.05, 3.63) is 30.1 Å². The van der Waals surface area contributed by atoms with Crippen molar-refractivity contribution in [1.29, 1.82) is 0 Å². The number of halogens is 1. The first-order valence-corrected chi connectivity index (χ1v) is 9.68. The fraction of sp³-hybridized carbons (Fsp3) is 0.650. The molecule has 1 aromatic rings. The predicted octanol–water partition coefficient (Wildman–Crippen LogP) is 1.46. The van der Waals surface area contributed by atoms with Crippen LogP contribution in [0.5, 0.6) is 5.75 Å². The third kappa shape index (κ3) is 5.89. The maximum atomic E-state index is 13.0. The van der Waals surface area contributed by atoms with E-state index < -0.39 is 0 Å². The minimum atomic E-state index is -0.287. The summed E-state index contributed by atoms with van der Waals surface area (Å²) in [5, 5.41) is 0. The summed E-state index contributed by atoms with van der Waals surface area (Å²) in [5.74, 6) is 0.391. The monoisotopic (exact) mass is 379 g/mol. The summed E-state index contributed by atoms with van der Waals surface area (Å²) in [6, 6.07) is 6.23. The number of likely N-dealkylation sites (N-methyl/N-ethyl adjacent to an activating group) is 1. The molecule has 2 saturated heterocycles. The molecule has 1 amide bonds. The maximum Gasteiger partial charge on any atom is 0.248 e. The highest BCUT2D eigenvalue weighted by Gasteiger charge is 2.33. The van der Waals surface area contributed by atoms with E-state index in [0.29, 0.717) is 18.9 Å². The average Bonchev–Trinajstić information content (AvgIpc) is 2.67. The van der Waals surface area contributed by atoms with Gasteiger partial charge < -0.3 is 24.2 Å². The van der Waals surface area contributed by atoms with Crippen LogP contribution < -0.4 is 4.74 Å². The Morgan fingerprint density at radius 3 is 2.59 bits per heavy atom. The molecule has 2 aliphatic heterocycles. The minimum absolute atomic E-state index is 0.0692. The molecule has 7 heteroatoms. The van der Waals surface area contributed by atoms with Crippen LogP contribution in [0.2, 0.25) is 0 Å². The molecule has 6 nitrogen and oxygen atoms in total. The molecule has 0 aliphatic carbocycles. The van der Waals surface area contributed by atoms with Gasteiger partial charge in [0.1, 0.15) is 30.9 Å². The Kier molecular flexibility index (Phi) is 7.04. The number of amides is 1. The first kappa shape index (κ1) is 20.0. The SMILES string of the molecule is CN(C)CCN1CCC(N2C[C@@H](COc3ccc(F)cc3)OCC2=O)CC1. The number of piperidine rings is 1. The van der Waals surface area contributed by atoms with E-state index in [-0.39, 0.29) is 30.5 Å². The molecule has 2 heterocycles. The van der Waals surface area contributed by atoms with Gasteiger partial charge in [-0.1, -0.05) is 0 Å². The van der Waals surface area contributed by atoms with Crippen LogP contribution in [0, 0.1) is 5.82 Å². The lowest BCUT2D eigenvalue weighted by Crippen LogP contribution is -2.55. The van der Waals surface area contributed by atoms with E-state index in [2.05, 4.69) is 23.9 Å². The second kappa shape index (κ2) is 9.48. The predicted molar refractivity (Wildman–Crippen MR) is 101 cm³/mol. The Hall–Kier alpha value is -1.70. The first-order valence-electron chi connectivity index (χ1n) is 9.68. The van der Waals surface area contributed by atoms with E-state index in [4.69, 9.17) is 9.47 Å². The summed E-state index contributed by atoms with van der Waals surface area (Å²) in [6.07, 6.45) is 1.86. The summed E-state index contributed by atoms with van der Waals surface area (Å²) in [7, 11) is 4.18. The molecule has 3 rings (SSSR count). The fourth-order valence-electron chi connectivity index (χ4n) is 3.62. The number of hydrogen-bond donors (Lipinski definition) is 0. The minimum Gasteiger partial charge on any atom is -0.491 e. The summed E-state index contributed by atoms with van der Waals surface area (Å²) >= 11 is 0. The van der Waals surface area contributed by atoms with Crippen molar-refractivity contribution >= 4 is 5.91 Å². The number of likely N-dealkylation sites (tertiary alicyclic amines) is 1. The molecule has 0 aromatic heterocycles. The zero-order chi connectivity index (χ0) is 19.2. The molecule has 27 heavy (non-hydrogen) atoms. The number of rotatable bonds is 7. The van der Waals surface area contributed by atoms with Crippen molar-refractivity contribution in [3.63, 3.8) is 0 Å². The van der Waals surface area contributed by atoms with Gasteiger partial charge in [0.05, 0.1) is 6.54 Å². The van der Waals surface area contributed by atoms with Crippen molar-refractivity contribution in [2.24, 2.45) is 0 Å². The van der Waals surface area contributed by atoms with E-state index in [9.17, 15) is 9.18 Å². The molecule has 0 spiro atoms. The molecule has 2 fully saturated rings. The molecule has 0 saturated carbocycles. The van der Waals surface area contributed by atoms with Crippen molar-refractivity contribution in [1.82, 2.24) is 14.7 Å². The van der Waals surface area contributed by atoms with Gasteiger partial charge in [0, 0.05) is 32.2 Å². The van der Waals surface area contributed by atoms with Gasteiger partial charge in [-0.05, 0) is 51.2 Å². The molecular weight excluding hydrogens is 349 g/mol. The van der Waals surface area contributed by atoms with E-state index in [1.807, 2.05) is 4.90 Å². The fourth-order valence-corrected chi connectivity index (χ4v) is 3.62. The van der Waals surface area contributed by atoms with Crippen LogP contribution in [0.1, 0.15) is 12.8 Å². The van der Waals surface area contributed by atoms with E-state index in [1.54, 1.807) is 12.1 Å². The second-order valence-electron chi connectivity index (χ2n) is 7.62. The van der Waals surface area contributed by atoms with Crippen molar-refractivity contribution in [3.8, 4) is 5.75 Å². The summed E-state index contributed by atoms with van der Waals surface area (Å²) in [4.78, 5) is 19.0. The third-order valence-electron chi connectivity index (χ3n) is 5.27. The number of nitrogens with zero attached hydrogens (tertiary/aromatic N) is 3. The van der Waals surface area contributed by atoms with Gasteiger partial charge in [-0.3, -0.25) is 4.79 Å². The van der Waals surface area contributed by atoms with Crippen molar-refractivity contribution < 1.29 is 18.7 Å². The highest BCUT2D eigenvalue weighted by Crippen LogP contribution is 2.21. The molecule has 1 atom stereocenters. The van der Waals surface area contributed by atoms with Crippen LogP contribution in [-0.2, 0) is 9.53 Å². The van der Waals surface area contributed by atoms with Crippen LogP contribution >= 0.6 is 0 Å². The van der Waals surface area contributed by atoms with Gasteiger partial charge in [0.15, 0.2) is 0 Å². The maximum absolute atomic E-state index is 13.0.